The van der Waals surface area contributed by atoms with Gasteiger partial charge in [-0.25, -0.2) is 0 Å². The van der Waals surface area contributed by atoms with Gasteiger partial charge in [-0.3, -0.25) is 4.21 Å². The molecule has 1 heterocycles. The van der Waals surface area contributed by atoms with Gasteiger partial charge in [0.05, 0.1) is 10.8 Å². The molecule has 0 saturated carbocycles. The van der Waals surface area contributed by atoms with Crippen LogP contribution in [0.2, 0.25) is 0 Å². The van der Waals surface area contributed by atoms with Crippen molar-refractivity contribution in [2.24, 2.45) is 0 Å². The van der Waals surface area contributed by atoms with Crippen LogP contribution in [-0.4, -0.2) is 10.5 Å². The summed E-state index contributed by atoms with van der Waals surface area (Å²) in [4.78, 5) is 0.962. The van der Waals surface area contributed by atoms with Crippen molar-refractivity contribution in [2.75, 3.05) is 6.26 Å². The van der Waals surface area contributed by atoms with Gasteiger partial charge in [0.2, 0.25) is 0 Å². The van der Waals surface area contributed by atoms with Crippen LogP contribution in [0.4, 0.5) is 0 Å². The number of rotatable bonds is 1. The van der Waals surface area contributed by atoms with Gasteiger partial charge in [-0.1, -0.05) is 0 Å². The Morgan fingerprint density at radius 1 is 1.38 bits per heavy atom. The molecule has 0 spiro atoms. The summed E-state index contributed by atoms with van der Waals surface area (Å²) >= 11 is 1.64. The van der Waals surface area contributed by atoms with Crippen LogP contribution in [0.25, 0.3) is 11.1 Å². The highest BCUT2D eigenvalue weighted by Crippen LogP contribution is 2.34. The summed E-state index contributed by atoms with van der Waals surface area (Å²) in [6.45, 7) is 2.06. The predicted octanol–water partition coefficient (Wildman–Crippen LogP) is 2.90. The first kappa shape index (κ1) is 8.91. The third kappa shape index (κ3) is 1.42. The average molecular weight is 210 g/mol. The zero-order chi connectivity index (χ0) is 9.42. The summed E-state index contributed by atoms with van der Waals surface area (Å²) in [6, 6.07) is 4.11. The van der Waals surface area contributed by atoms with Crippen molar-refractivity contribution >= 4 is 22.1 Å². The van der Waals surface area contributed by atoms with Crippen LogP contribution >= 0.6 is 11.3 Å². The van der Waals surface area contributed by atoms with Crippen molar-refractivity contribution < 1.29 is 4.21 Å². The van der Waals surface area contributed by atoms with Gasteiger partial charge in [0.1, 0.15) is 0 Å². The topological polar surface area (TPSA) is 17.1 Å². The first-order valence-electron chi connectivity index (χ1n) is 3.99. The molecule has 0 bridgehead atoms. The smallest absolute Gasteiger partial charge is 0.0504 e. The van der Waals surface area contributed by atoms with Crippen LogP contribution in [0.1, 0.15) is 5.56 Å². The molecule has 3 heteroatoms. The van der Waals surface area contributed by atoms with E-state index < -0.39 is 10.8 Å². The van der Waals surface area contributed by atoms with Gasteiger partial charge in [-0.2, -0.15) is 11.3 Å². The second-order valence-corrected chi connectivity index (χ2v) is 5.16. The van der Waals surface area contributed by atoms with Gasteiger partial charge in [-0.05, 0) is 40.9 Å². The Bertz CT molecular complexity index is 431. The van der Waals surface area contributed by atoms with E-state index in [9.17, 15) is 4.21 Å². The lowest BCUT2D eigenvalue weighted by molar-refractivity contribution is 0.687. The molecule has 2 aliphatic rings. The highest BCUT2D eigenvalue weighted by atomic mass is 32.2. The van der Waals surface area contributed by atoms with Crippen LogP contribution in [0.15, 0.2) is 27.8 Å². The van der Waals surface area contributed by atoms with Crippen molar-refractivity contribution in [1.82, 2.24) is 0 Å². The Morgan fingerprint density at radius 3 is 2.85 bits per heavy atom. The SMILES string of the molecule is Cc1cc(S(C)=O)c2csccc1-2. The van der Waals surface area contributed by atoms with E-state index in [1.54, 1.807) is 17.6 Å². The zero-order valence-corrected chi connectivity index (χ0v) is 9.17. The second kappa shape index (κ2) is 3.24. The van der Waals surface area contributed by atoms with Gasteiger partial charge in [-0.15, -0.1) is 0 Å². The highest BCUT2D eigenvalue weighted by Gasteiger charge is 2.14. The molecule has 1 nitrogen and oxygen atoms in total. The van der Waals surface area contributed by atoms with E-state index in [0.717, 1.165) is 10.5 Å². The third-order valence-electron chi connectivity index (χ3n) is 2.14. The standard InChI is InChI=1S/C10H10OS2/c1-7-5-10(13(2)11)9-6-12-4-3-8(7)9/h3-6H,1-2H3. The normalized spacial score (nSPS) is 13.4. The summed E-state index contributed by atoms with van der Waals surface area (Å²) < 4.78 is 11.4. The minimum atomic E-state index is -0.876. The Balaban J connectivity index is 2.74. The van der Waals surface area contributed by atoms with Gasteiger partial charge in [0.25, 0.3) is 0 Å². The highest BCUT2D eigenvalue weighted by molar-refractivity contribution is 7.84. The van der Waals surface area contributed by atoms with Crippen LogP contribution in [0.5, 0.6) is 0 Å². The number of hydrogen-bond acceptors (Lipinski definition) is 2. The molecule has 0 aromatic heterocycles. The van der Waals surface area contributed by atoms with E-state index in [-0.39, 0.29) is 0 Å². The summed E-state index contributed by atoms with van der Waals surface area (Å²) in [5.74, 6) is 0. The van der Waals surface area contributed by atoms with Crippen molar-refractivity contribution in [1.29, 1.82) is 0 Å². The average Bonchev–Trinajstić information content (AvgIpc) is 2.45. The Labute approximate surface area is 84.2 Å². The van der Waals surface area contributed by atoms with E-state index >= 15 is 0 Å². The molecule has 1 unspecified atom stereocenters. The lowest BCUT2D eigenvalue weighted by Crippen LogP contribution is -1.85. The summed E-state index contributed by atoms with van der Waals surface area (Å²) in [7, 11) is -0.876. The molecule has 0 fully saturated rings. The molecular weight excluding hydrogens is 200 g/mol. The number of aryl methyl sites for hydroxylation is 1. The van der Waals surface area contributed by atoms with Gasteiger partial charge in [0.15, 0.2) is 0 Å². The predicted molar refractivity (Wildman–Crippen MR) is 58.0 cm³/mol. The maximum Gasteiger partial charge on any atom is 0.0504 e. The molecule has 2 rings (SSSR count). The first-order valence-corrected chi connectivity index (χ1v) is 6.49. The molecule has 13 heavy (non-hydrogen) atoms. The number of fused-ring (bicyclic) bond motifs is 1. The third-order valence-corrected chi connectivity index (χ3v) is 3.76. The van der Waals surface area contributed by atoms with Crippen LogP contribution in [0.3, 0.4) is 0 Å². The molecule has 1 aliphatic heterocycles. The Kier molecular flexibility index (Phi) is 2.22. The largest absolute Gasteiger partial charge is 0.255 e. The van der Waals surface area contributed by atoms with Crippen LogP contribution in [0, 0.1) is 6.92 Å². The van der Waals surface area contributed by atoms with Crippen LogP contribution < -0.4 is 0 Å². The Hall–Kier alpha value is -0.670. The lowest BCUT2D eigenvalue weighted by Gasteiger charge is -1.99. The first-order chi connectivity index (χ1) is 6.20. The van der Waals surface area contributed by atoms with E-state index in [2.05, 4.69) is 23.8 Å². The molecule has 1 atom stereocenters. The van der Waals surface area contributed by atoms with Crippen LogP contribution in [-0.2, 0) is 10.8 Å². The summed E-state index contributed by atoms with van der Waals surface area (Å²) in [5.41, 5.74) is 3.59. The van der Waals surface area contributed by atoms with Gasteiger partial charge >= 0.3 is 0 Å². The van der Waals surface area contributed by atoms with E-state index in [1.165, 1.54) is 11.1 Å². The molecule has 0 N–H and O–H groups in total. The minimum absolute atomic E-state index is 0.876. The molecule has 0 radical (unpaired) electrons. The second-order valence-electron chi connectivity index (χ2n) is 3.03. The molecule has 1 aliphatic carbocycles. The summed E-state index contributed by atoms with van der Waals surface area (Å²) in [5, 5.41) is 4.12. The maximum atomic E-state index is 11.4. The van der Waals surface area contributed by atoms with Crippen molar-refractivity contribution in [3.63, 3.8) is 0 Å². The van der Waals surface area contributed by atoms with Gasteiger partial charge in [0, 0.05) is 16.7 Å². The fourth-order valence-electron chi connectivity index (χ4n) is 1.49. The molecule has 0 aromatic rings. The lowest BCUT2D eigenvalue weighted by atomic mass is 10.1. The minimum Gasteiger partial charge on any atom is -0.255 e. The molecule has 68 valence electrons. The molecule has 0 saturated heterocycles. The molecule has 0 amide bonds. The zero-order valence-electron chi connectivity index (χ0n) is 7.53. The van der Waals surface area contributed by atoms with Crippen molar-refractivity contribution in [3.05, 3.63) is 28.5 Å². The molecular formula is C10H10OS2. The van der Waals surface area contributed by atoms with Crippen molar-refractivity contribution in [3.8, 4) is 11.1 Å². The van der Waals surface area contributed by atoms with Crippen molar-refractivity contribution in [2.45, 2.75) is 11.8 Å². The quantitative estimate of drug-likeness (QED) is 0.707. The Morgan fingerprint density at radius 2 is 2.15 bits per heavy atom. The molecule has 0 aromatic carbocycles. The van der Waals surface area contributed by atoms with E-state index in [1.807, 2.05) is 6.07 Å². The van der Waals surface area contributed by atoms with E-state index in [4.69, 9.17) is 0 Å². The van der Waals surface area contributed by atoms with E-state index in [0.29, 0.717) is 0 Å². The maximum absolute atomic E-state index is 11.4. The number of hydrogen-bond donors (Lipinski definition) is 0. The fraction of sp³-hybridized carbons (Fsp3) is 0.200. The monoisotopic (exact) mass is 210 g/mol. The van der Waals surface area contributed by atoms with Gasteiger partial charge < -0.3 is 0 Å². The summed E-state index contributed by atoms with van der Waals surface area (Å²) in [6.07, 6.45) is 1.73. The fourth-order valence-corrected chi connectivity index (χ4v) is 3.07.